The van der Waals surface area contributed by atoms with E-state index in [4.69, 9.17) is 4.74 Å². The number of hydrogen-bond acceptors (Lipinski definition) is 6. The number of amides is 2. The van der Waals surface area contributed by atoms with E-state index in [9.17, 15) is 14.4 Å². The predicted molar refractivity (Wildman–Crippen MR) is 94.5 cm³/mol. The van der Waals surface area contributed by atoms with Crippen LogP contribution >= 0.6 is 22.7 Å². The molecular formula is C16H18N2O4S2. The molecule has 2 N–H and O–H groups in total. The molecule has 0 bridgehead atoms. The van der Waals surface area contributed by atoms with Crippen LogP contribution in [0.4, 0.5) is 5.00 Å². The molecule has 2 aromatic heterocycles. The van der Waals surface area contributed by atoms with Gasteiger partial charge in [0.15, 0.2) is 6.61 Å². The molecule has 0 atom stereocenters. The molecule has 0 radical (unpaired) electrons. The molecule has 2 rings (SSSR count). The number of esters is 1. The summed E-state index contributed by atoms with van der Waals surface area (Å²) < 4.78 is 5.08. The van der Waals surface area contributed by atoms with E-state index in [1.807, 2.05) is 24.4 Å². The number of nitrogens with one attached hydrogen (secondary N) is 2. The van der Waals surface area contributed by atoms with Gasteiger partial charge in [-0.3, -0.25) is 9.59 Å². The van der Waals surface area contributed by atoms with Crippen LogP contribution in [-0.4, -0.2) is 24.4 Å². The minimum absolute atomic E-state index is 0.265. The number of ether oxygens (including phenoxy) is 1. The van der Waals surface area contributed by atoms with Crippen molar-refractivity contribution in [3.05, 3.63) is 38.4 Å². The molecule has 0 saturated heterocycles. The number of rotatable bonds is 6. The minimum atomic E-state index is -0.619. The summed E-state index contributed by atoms with van der Waals surface area (Å²) >= 11 is 2.85. The molecule has 0 aliphatic carbocycles. The van der Waals surface area contributed by atoms with Crippen molar-refractivity contribution in [1.29, 1.82) is 0 Å². The lowest BCUT2D eigenvalue weighted by molar-refractivity contribution is -0.124. The molecule has 0 saturated carbocycles. The molecule has 0 unspecified atom stereocenters. The number of anilines is 1. The molecule has 128 valence electrons. The second kappa shape index (κ2) is 8.07. The summed E-state index contributed by atoms with van der Waals surface area (Å²) in [4.78, 5) is 37.2. The van der Waals surface area contributed by atoms with Crippen LogP contribution in [0.15, 0.2) is 17.5 Å². The molecule has 0 fully saturated rings. The first-order valence-electron chi connectivity index (χ1n) is 7.22. The summed E-state index contributed by atoms with van der Waals surface area (Å²) in [7, 11) is 0. The van der Waals surface area contributed by atoms with Crippen LogP contribution in [0, 0.1) is 13.8 Å². The van der Waals surface area contributed by atoms with Crippen molar-refractivity contribution in [1.82, 2.24) is 5.32 Å². The fourth-order valence-corrected chi connectivity index (χ4v) is 3.71. The quantitative estimate of drug-likeness (QED) is 0.770. The highest BCUT2D eigenvalue weighted by molar-refractivity contribution is 7.16. The molecule has 2 amide bonds. The zero-order chi connectivity index (χ0) is 17.7. The van der Waals surface area contributed by atoms with Gasteiger partial charge in [-0.15, -0.1) is 22.7 Å². The summed E-state index contributed by atoms with van der Waals surface area (Å²) in [6.07, 6.45) is 0. The van der Waals surface area contributed by atoms with Crippen molar-refractivity contribution in [2.75, 3.05) is 11.9 Å². The largest absolute Gasteiger partial charge is 0.452 e. The Morgan fingerprint density at radius 1 is 1.25 bits per heavy atom. The minimum Gasteiger partial charge on any atom is -0.452 e. The highest BCUT2D eigenvalue weighted by atomic mass is 32.1. The second-order valence-corrected chi connectivity index (χ2v) is 7.36. The summed E-state index contributed by atoms with van der Waals surface area (Å²) in [5.74, 6) is -1.26. The maximum atomic E-state index is 12.3. The molecule has 0 aliphatic rings. The highest BCUT2D eigenvalue weighted by Crippen LogP contribution is 2.32. The zero-order valence-electron chi connectivity index (χ0n) is 13.6. The van der Waals surface area contributed by atoms with E-state index in [2.05, 4.69) is 10.6 Å². The summed E-state index contributed by atoms with van der Waals surface area (Å²) in [6.45, 7) is 5.05. The van der Waals surface area contributed by atoms with Gasteiger partial charge in [0.2, 0.25) is 5.91 Å². The van der Waals surface area contributed by atoms with Gasteiger partial charge in [0.05, 0.1) is 12.1 Å². The third-order valence-corrected chi connectivity index (χ3v) is 5.25. The molecule has 2 aromatic rings. The summed E-state index contributed by atoms with van der Waals surface area (Å²) in [5, 5.41) is 7.68. The van der Waals surface area contributed by atoms with Gasteiger partial charge < -0.3 is 15.4 Å². The molecule has 8 heteroatoms. The smallest absolute Gasteiger partial charge is 0.341 e. The Labute approximate surface area is 147 Å². The van der Waals surface area contributed by atoms with E-state index in [0.29, 0.717) is 17.1 Å². The highest BCUT2D eigenvalue weighted by Gasteiger charge is 2.22. The third kappa shape index (κ3) is 4.65. The lowest BCUT2D eigenvalue weighted by Crippen LogP contribution is -2.28. The van der Waals surface area contributed by atoms with Crippen LogP contribution < -0.4 is 10.6 Å². The molecular weight excluding hydrogens is 348 g/mol. The number of hydrogen-bond donors (Lipinski definition) is 2. The third-order valence-electron chi connectivity index (χ3n) is 3.25. The topological polar surface area (TPSA) is 84.5 Å². The molecule has 0 aromatic carbocycles. The van der Waals surface area contributed by atoms with Crippen molar-refractivity contribution >= 4 is 45.5 Å². The van der Waals surface area contributed by atoms with Crippen LogP contribution in [0.5, 0.6) is 0 Å². The zero-order valence-corrected chi connectivity index (χ0v) is 15.2. The predicted octanol–water partition coefficient (Wildman–Crippen LogP) is 2.86. The van der Waals surface area contributed by atoms with Gasteiger partial charge in [0, 0.05) is 16.7 Å². The SMILES string of the molecule is CC(=O)Nc1sc(C)c(C)c1C(=O)OCC(=O)NCc1cccs1. The normalized spacial score (nSPS) is 10.3. The fraction of sp³-hybridized carbons (Fsp3) is 0.312. The van der Waals surface area contributed by atoms with E-state index in [0.717, 1.165) is 15.3 Å². The van der Waals surface area contributed by atoms with E-state index in [1.165, 1.54) is 29.6 Å². The Balaban J connectivity index is 1.94. The van der Waals surface area contributed by atoms with Crippen LogP contribution in [0.25, 0.3) is 0 Å². The maximum Gasteiger partial charge on any atom is 0.341 e. The average molecular weight is 366 g/mol. The van der Waals surface area contributed by atoms with Crippen molar-refractivity contribution in [2.24, 2.45) is 0 Å². The number of thiophene rings is 2. The summed E-state index contributed by atoms with van der Waals surface area (Å²) in [5.41, 5.74) is 1.05. The molecule has 0 aliphatic heterocycles. The van der Waals surface area contributed by atoms with Gasteiger partial charge in [0.25, 0.3) is 5.91 Å². The van der Waals surface area contributed by atoms with Crippen LogP contribution in [0.2, 0.25) is 0 Å². The Hall–Kier alpha value is -2.19. The van der Waals surface area contributed by atoms with Crippen molar-refractivity contribution < 1.29 is 19.1 Å². The van der Waals surface area contributed by atoms with Gasteiger partial charge in [-0.25, -0.2) is 4.79 Å². The number of aryl methyl sites for hydroxylation is 1. The first kappa shape index (κ1) is 18.2. The van der Waals surface area contributed by atoms with Crippen LogP contribution in [-0.2, 0) is 20.9 Å². The Bertz CT molecular complexity index is 750. The summed E-state index contributed by atoms with van der Waals surface area (Å²) in [6, 6.07) is 3.81. The average Bonchev–Trinajstić information content (AvgIpc) is 3.11. The van der Waals surface area contributed by atoms with Gasteiger partial charge in [-0.05, 0) is 30.9 Å². The maximum absolute atomic E-state index is 12.3. The van der Waals surface area contributed by atoms with Gasteiger partial charge >= 0.3 is 5.97 Å². The van der Waals surface area contributed by atoms with Gasteiger partial charge in [-0.1, -0.05) is 6.07 Å². The van der Waals surface area contributed by atoms with Crippen LogP contribution in [0.3, 0.4) is 0 Å². The number of carbonyl (C=O) groups excluding carboxylic acids is 3. The molecule has 2 heterocycles. The Morgan fingerprint density at radius 3 is 2.62 bits per heavy atom. The molecule has 6 nitrogen and oxygen atoms in total. The van der Waals surface area contributed by atoms with Crippen molar-refractivity contribution in [2.45, 2.75) is 27.3 Å². The molecule has 24 heavy (non-hydrogen) atoms. The Kier molecular flexibility index (Phi) is 6.10. The van der Waals surface area contributed by atoms with Crippen molar-refractivity contribution in [3.63, 3.8) is 0 Å². The van der Waals surface area contributed by atoms with E-state index in [-0.39, 0.29) is 18.4 Å². The van der Waals surface area contributed by atoms with E-state index in [1.54, 1.807) is 6.92 Å². The fourth-order valence-electron chi connectivity index (χ4n) is 1.97. The van der Waals surface area contributed by atoms with Crippen LogP contribution in [0.1, 0.15) is 32.6 Å². The van der Waals surface area contributed by atoms with Gasteiger partial charge in [0.1, 0.15) is 5.00 Å². The Morgan fingerprint density at radius 2 is 2.00 bits per heavy atom. The molecule has 0 spiro atoms. The first-order chi connectivity index (χ1) is 11.4. The number of carbonyl (C=O) groups is 3. The monoisotopic (exact) mass is 366 g/mol. The second-order valence-electron chi connectivity index (χ2n) is 5.10. The standard InChI is InChI=1S/C16H18N2O4S2/c1-9-10(2)24-15(18-11(3)19)14(9)16(21)22-8-13(20)17-7-12-5-4-6-23-12/h4-6H,7-8H2,1-3H3,(H,17,20)(H,18,19). The lowest BCUT2D eigenvalue weighted by Gasteiger charge is -2.08. The lowest BCUT2D eigenvalue weighted by atomic mass is 10.1. The first-order valence-corrected chi connectivity index (χ1v) is 8.92. The van der Waals surface area contributed by atoms with Gasteiger partial charge in [-0.2, -0.15) is 0 Å². The van der Waals surface area contributed by atoms with E-state index < -0.39 is 5.97 Å². The van der Waals surface area contributed by atoms with Crippen molar-refractivity contribution in [3.8, 4) is 0 Å². The van der Waals surface area contributed by atoms with E-state index >= 15 is 0 Å².